The van der Waals surface area contributed by atoms with Crippen molar-refractivity contribution in [3.8, 4) is 0 Å². The quantitative estimate of drug-likeness (QED) is 0.650. The van der Waals surface area contributed by atoms with Gasteiger partial charge in [0.2, 0.25) is 0 Å². The number of nitrogens with one attached hydrogen (secondary N) is 2. The highest BCUT2D eigenvalue weighted by atomic mass is 32.2. The lowest BCUT2D eigenvalue weighted by Gasteiger charge is -2.19. The SMILES string of the molecule is Cc1c(C)c(C)c(S(=O)(=O)NNC(=O)c2oc3ccccc3c2C)c(C)c1C. The van der Waals surface area contributed by atoms with Gasteiger partial charge in [-0.15, -0.1) is 4.83 Å². The molecule has 0 bridgehead atoms. The lowest BCUT2D eigenvalue weighted by atomic mass is 9.95. The van der Waals surface area contributed by atoms with E-state index in [-0.39, 0.29) is 10.7 Å². The van der Waals surface area contributed by atoms with E-state index >= 15 is 0 Å². The molecular formula is C21H24N2O4S. The number of furan rings is 1. The number of hydrogen-bond donors (Lipinski definition) is 2. The summed E-state index contributed by atoms with van der Waals surface area (Å²) in [6, 6.07) is 7.26. The summed E-state index contributed by atoms with van der Waals surface area (Å²) in [5.41, 5.74) is 7.75. The fourth-order valence-corrected chi connectivity index (χ4v) is 4.92. The molecule has 0 radical (unpaired) electrons. The molecule has 3 rings (SSSR count). The summed E-state index contributed by atoms with van der Waals surface area (Å²) in [5.74, 6) is -0.568. The molecular weight excluding hydrogens is 376 g/mol. The van der Waals surface area contributed by atoms with Gasteiger partial charge in [0.1, 0.15) is 5.58 Å². The van der Waals surface area contributed by atoms with E-state index in [0.29, 0.717) is 22.3 Å². The van der Waals surface area contributed by atoms with E-state index in [2.05, 4.69) is 10.3 Å². The second-order valence-corrected chi connectivity index (χ2v) is 8.69. The third-order valence-corrected chi connectivity index (χ3v) is 7.07. The van der Waals surface area contributed by atoms with Gasteiger partial charge in [-0.2, -0.15) is 0 Å². The van der Waals surface area contributed by atoms with Crippen molar-refractivity contribution in [1.82, 2.24) is 10.3 Å². The van der Waals surface area contributed by atoms with Crippen LogP contribution in [0, 0.1) is 41.5 Å². The van der Waals surface area contributed by atoms with Crippen LogP contribution >= 0.6 is 0 Å². The minimum absolute atomic E-state index is 0.0774. The third-order valence-electron chi connectivity index (χ3n) is 5.55. The molecule has 0 fully saturated rings. The molecule has 2 N–H and O–H groups in total. The van der Waals surface area contributed by atoms with Crippen molar-refractivity contribution in [3.05, 3.63) is 63.4 Å². The monoisotopic (exact) mass is 400 g/mol. The predicted molar refractivity (Wildman–Crippen MR) is 109 cm³/mol. The van der Waals surface area contributed by atoms with Crippen molar-refractivity contribution in [1.29, 1.82) is 0 Å². The molecule has 3 aromatic rings. The molecule has 0 aliphatic heterocycles. The van der Waals surface area contributed by atoms with Gasteiger partial charge < -0.3 is 4.42 Å². The number of fused-ring (bicyclic) bond motifs is 1. The molecule has 0 unspecified atom stereocenters. The smallest absolute Gasteiger partial charge is 0.302 e. The highest BCUT2D eigenvalue weighted by Gasteiger charge is 2.25. The highest BCUT2D eigenvalue weighted by molar-refractivity contribution is 7.89. The first-order valence-corrected chi connectivity index (χ1v) is 10.4. The number of para-hydroxylation sites is 1. The molecule has 0 atom stereocenters. The van der Waals surface area contributed by atoms with Crippen LogP contribution in [0.2, 0.25) is 0 Å². The molecule has 0 spiro atoms. The number of carbonyl (C=O) groups is 1. The average molecular weight is 401 g/mol. The van der Waals surface area contributed by atoms with Crippen LogP contribution in [0.5, 0.6) is 0 Å². The molecule has 0 saturated carbocycles. The second-order valence-electron chi connectivity index (χ2n) is 7.07. The van der Waals surface area contributed by atoms with Crippen LogP contribution in [0.4, 0.5) is 0 Å². The standard InChI is InChI=1S/C21H24N2O4S/c1-11-12(2)14(4)20(15(5)13(11)3)28(25,26)23-22-21(24)19-16(6)17-9-7-8-10-18(17)27-19/h7-10,23H,1-6H3,(H,22,24). The number of rotatable bonds is 4. The summed E-state index contributed by atoms with van der Waals surface area (Å²) in [6.07, 6.45) is 0. The minimum atomic E-state index is -3.95. The Morgan fingerprint density at radius 3 is 1.93 bits per heavy atom. The Bertz CT molecular complexity index is 1180. The Labute approximate surface area is 165 Å². The summed E-state index contributed by atoms with van der Waals surface area (Å²) in [6.45, 7) is 11.1. The Morgan fingerprint density at radius 1 is 0.821 bits per heavy atom. The fourth-order valence-electron chi connectivity index (χ4n) is 3.48. The number of aryl methyl sites for hydroxylation is 1. The zero-order chi connectivity index (χ0) is 20.8. The van der Waals surface area contributed by atoms with Crippen LogP contribution in [0.3, 0.4) is 0 Å². The van der Waals surface area contributed by atoms with Crippen LogP contribution in [-0.2, 0) is 10.0 Å². The van der Waals surface area contributed by atoms with Gasteiger partial charge in [0.05, 0.1) is 4.90 Å². The van der Waals surface area contributed by atoms with Crippen molar-refractivity contribution in [2.45, 2.75) is 46.4 Å². The van der Waals surface area contributed by atoms with Gasteiger partial charge in [-0.3, -0.25) is 10.2 Å². The number of benzene rings is 2. The zero-order valence-electron chi connectivity index (χ0n) is 16.9. The number of sulfonamides is 1. The van der Waals surface area contributed by atoms with E-state index in [1.54, 1.807) is 26.8 Å². The van der Waals surface area contributed by atoms with Gasteiger partial charge in [-0.1, -0.05) is 18.2 Å². The van der Waals surface area contributed by atoms with E-state index in [1.165, 1.54) is 0 Å². The van der Waals surface area contributed by atoms with Crippen molar-refractivity contribution < 1.29 is 17.6 Å². The first-order valence-electron chi connectivity index (χ1n) is 8.93. The largest absolute Gasteiger partial charge is 0.451 e. The number of hydrazine groups is 1. The van der Waals surface area contributed by atoms with Crippen LogP contribution in [0.1, 0.15) is 43.9 Å². The van der Waals surface area contributed by atoms with Gasteiger partial charge >= 0.3 is 5.91 Å². The number of carbonyl (C=O) groups excluding carboxylic acids is 1. The van der Waals surface area contributed by atoms with Crippen molar-refractivity contribution in [2.75, 3.05) is 0 Å². The summed E-state index contributed by atoms with van der Waals surface area (Å²) in [4.78, 5) is 14.9. The van der Waals surface area contributed by atoms with Crippen LogP contribution in [-0.4, -0.2) is 14.3 Å². The van der Waals surface area contributed by atoms with E-state index in [0.717, 1.165) is 22.1 Å². The summed E-state index contributed by atoms with van der Waals surface area (Å²) >= 11 is 0. The molecule has 28 heavy (non-hydrogen) atoms. The Balaban J connectivity index is 1.92. The van der Waals surface area contributed by atoms with E-state index in [4.69, 9.17) is 4.42 Å². The highest BCUT2D eigenvalue weighted by Crippen LogP contribution is 2.29. The number of amides is 1. The Morgan fingerprint density at radius 2 is 1.36 bits per heavy atom. The topological polar surface area (TPSA) is 88.4 Å². The normalized spacial score (nSPS) is 11.8. The van der Waals surface area contributed by atoms with Crippen molar-refractivity contribution >= 4 is 26.9 Å². The first kappa shape index (κ1) is 20.1. The van der Waals surface area contributed by atoms with Crippen molar-refractivity contribution in [2.24, 2.45) is 0 Å². The Hall–Kier alpha value is -2.64. The van der Waals surface area contributed by atoms with Gasteiger partial charge in [-0.25, -0.2) is 8.42 Å². The van der Waals surface area contributed by atoms with Crippen molar-refractivity contribution in [3.63, 3.8) is 0 Å². The van der Waals surface area contributed by atoms with Gasteiger partial charge in [0.25, 0.3) is 10.0 Å². The maximum atomic E-state index is 12.9. The summed E-state index contributed by atoms with van der Waals surface area (Å²) in [5, 5.41) is 0.812. The molecule has 1 heterocycles. The summed E-state index contributed by atoms with van der Waals surface area (Å²) < 4.78 is 31.4. The van der Waals surface area contributed by atoms with E-state index in [9.17, 15) is 13.2 Å². The average Bonchev–Trinajstić information content (AvgIpc) is 3.00. The lowest BCUT2D eigenvalue weighted by Crippen LogP contribution is -2.42. The van der Waals surface area contributed by atoms with Crippen LogP contribution in [0.25, 0.3) is 11.0 Å². The third kappa shape index (κ3) is 3.21. The van der Waals surface area contributed by atoms with Crippen LogP contribution in [0.15, 0.2) is 33.6 Å². The lowest BCUT2D eigenvalue weighted by molar-refractivity contribution is 0.0918. The second kappa shape index (κ2) is 7.07. The molecule has 148 valence electrons. The fraction of sp³-hybridized carbons (Fsp3) is 0.286. The van der Waals surface area contributed by atoms with Gasteiger partial charge in [-0.05, 0) is 75.4 Å². The minimum Gasteiger partial charge on any atom is -0.451 e. The molecule has 0 aliphatic rings. The zero-order valence-corrected chi connectivity index (χ0v) is 17.7. The van der Waals surface area contributed by atoms with Crippen LogP contribution < -0.4 is 10.3 Å². The van der Waals surface area contributed by atoms with E-state index < -0.39 is 15.9 Å². The molecule has 1 aromatic heterocycles. The molecule has 7 heteroatoms. The molecule has 0 aliphatic carbocycles. The molecule has 1 amide bonds. The molecule has 6 nitrogen and oxygen atoms in total. The summed E-state index contributed by atoms with van der Waals surface area (Å²) in [7, 11) is -3.95. The van der Waals surface area contributed by atoms with Gasteiger partial charge in [0, 0.05) is 10.9 Å². The Kier molecular flexibility index (Phi) is 5.08. The first-order chi connectivity index (χ1) is 13.1. The maximum absolute atomic E-state index is 12.9. The van der Waals surface area contributed by atoms with Gasteiger partial charge in [0.15, 0.2) is 5.76 Å². The molecule has 0 saturated heterocycles. The van der Waals surface area contributed by atoms with E-state index in [1.807, 2.05) is 39.0 Å². The maximum Gasteiger partial charge on any atom is 0.302 e. The predicted octanol–water partition coefficient (Wildman–Crippen LogP) is 3.91. The number of hydrogen-bond acceptors (Lipinski definition) is 4. The molecule has 2 aromatic carbocycles.